The Labute approximate surface area is 142 Å². The zero-order chi connectivity index (χ0) is 17.8. The number of carboxylic acid groups (broad SMARTS) is 1. The summed E-state index contributed by atoms with van der Waals surface area (Å²) in [6, 6.07) is 9.45. The molecule has 0 aromatic heterocycles. The predicted molar refractivity (Wildman–Crippen MR) is 95.2 cm³/mol. The Morgan fingerprint density at radius 2 is 1.96 bits per heavy atom. The molecule has 1 aliphatic carbocycles. The monoisotopic (exact) mass is 347 g/mol. The maximum atomic E-state index is 12.6. The van der Waals surface area contributed by atoms with Crippen molar-refractivity contribution in [3.63, 3.8) is 0 Å². The molecular weight excluding hydrogens is 326 g/mol. The van der Waals surface area contributed by atoms with E-state index in [1.165, 1.54) is 12.2 Å². The minimum absolute atomic E-state index is 0.0821. The lowest BCUT2D eigenvalue weighted by molar-refractivity contribution is -0.138. The molecule has 2 rings (SSSR count). The van der Waals surface area contributed by atoms with Crippen LogP contribution in [0.25, 0.3) is 5.57 Å². The van der Waals surface area contributed by atoms with Gasteiger partial charge in [-0.15, -0.1) is 0 Å². The van der Waals surface area contributed by atoms with E-state index in [0.29, 0.717) is 0 Å². The zero-order valence-electron chi connectivity index (χ0n) is 13.7. The summed E-state index contributed by atoms with van der Waals surface area (Å²) >= 11 is 0. The number of rotatable bonds is 6. The molecule has 24 heavy (non-hydrogen) atoms. The standard InChI is InChI=1S/C18H21NO4S/c1-19(2)13-6-14-24(22,23)18(17(20)21)11-9-16(10-12-18)15-7-4-3-5-8-15/h3-11,13H,12,14H2,1-2H3,(H,20,21). The fourth-order valence-corrected chi connectivity index (χ4v) is 4.03. The molecule has 1 aromatic carbocycles. The number of nitrogens with zero attached hydrogens (tertiary/aromatic N) is 1. The lowest BCUT2D eigenvalue weighted by atomic mass is 9.92. The van der Waals surface area contributed by atoms with Crippen LogP contribution in [-0.4, -0.2) is 49.0 Å². The summed E-state index contributed by atoms with van der Waals surface area (Å²) < 4.78 is 23.4. The Kier molecular flexibility index (Phi) is 5.29. The quantitative estimate of drug-likeness (QED) is 0.855. The normalized spacial score (nSPS) is 20.8. The molecule has 0 saturated carbocycles. The lowest BCUT2D eigenvalue weighted by Crippen LogP contribution is -2.46. The minimum Gasteiger partial charge on any atom is -0.480 e. The van der Waals surface area contributed by atoms with E-state index in [0.717, 1.165) is 11.1 Å². The van der Waals surface area contributed by atoms with E-state index < -0.39 is 20.6 Å². The van der Waals surface area contributed by atoms with Crippen molar-refractivity contribution in [2.45, 2.75) is 11.2 Å². The Balaban J connectivity index is 2.31. The van der Waals surface area contributed by atoms with Crippen LogP contribution >= 0.6 is 0 Å². The number of aliphatic carboxylic acids is 1. The Hall–Kier alpha value is -2.34. The van der Waals surface area contributed by atoms with Gasteiger partial charge in [0.05, 0.1) is 5.75 Å². The second-order valence-corrected chi connectivity index (χ2v) is 8.18. The molecule has 1 unspecified atom stereocenters. The summed E-state index contributed by atoms with van der Waals surface area (Å²) in [6.45, 7) is 0. The molecule has 0 bridgehead atoms. The van der Waals surface area contributed by atoms with Crippen molar-refractivity contribution in [1.82, 2.24) is 4.90 Å². The first-order valence-electron chi connectivity index (χ1n) is 7.52. The van der Waals surface area contributed by atoms with E-state index in [4.69, 9.17) is 0 Å². The molecule has 0 saturated heterocycles. The summed E-state index contributed by atoms with van der Waals surface area (Å²) in [7, 11) is -0.351. The van der Waals surface area contributed by atoms with Crippen LogP contribution in [0, 0.1) is 0 Å². The summed E-state index contributed by atoms with van der Waals surface area (Å²) in [5, 5.41) is 9.60. The van der Waals surface area contributed by atoms with E-state index in [9.17, 15) is 18.3 Å². The first-order chi connectivity index (χ1) is 11.3. The number of carboxylic acids is 1. The van der Waals surface area contributed by atoms with E-state index in [1.54, 1.807) is 37.3 Å². The van der Waals surface area contributed by atoms with Crippen LogP contribution in [0.3, 0.4) is 0 Å². The predicted octanol–water partition coefficient (Wildman–Crippen LogP) is 2.34. The fraction of sp³-hybridized carbons (Fsp3) is 0.278. The van der Waals surface area contributed by atoms with Crippen molar-refractivity contribution in [3.8, 4) is 0 Å². The van der Waals surface area contributed by atoms with Crippen molar-refractivity contribution in [2.24, 2.45) is 0 Å². The van der Waals surface area contributed by atoms with E-state index in [2.05, 4.69) is 0 Å². The van der Waals surface area contributed by atoms with Gasteiger partial charge in [-0.25, -0.2) is 8.42 Å². The van der Waals surface area contributed by atoms with E-state index in [1.807, 2.05) is 30.3 Å². The molecular formula is C18H21NO4S. The first kappa shape index (κ1) is 18.0. The lowest BCUT2D eigenvalue weighted by Gasteiger charge is -2.27. The van der Waals surface area contributed by atoms with Crippen LogP contribution < -0.4 is 0 Å². The van der Waals surface area contributed by atoms with Gasteiger partial charge in [0, 0.05) is 20.5 Å². The van der Waals surface area contributed by atoms with Gasteiger partial charge in [0.2, 0.25) is 0 Å². The van der Waals surface area contributed by atoms with Gasteiger partial charge in [0.15, 0.2) is 14.6 Å². The highest BCUT2D eigenvalue weighted by molar-refractivity contribution is 7.93. The highest BCUT2D eigenvalue weighted by Gasteiger charge is 2.48. The number of benzene rings is 1. The van der Waals surface area contributed by atoms with Crippen LogP contribution in [0.2, 0.25) is 0 Å². The van der Waals surface area contributed by atoms with Crippen LogP contribution in [0.4, 0.5) is 0 Å². The zero-order valence-corrected chi connectivity index (χ0v) is 14.5. The highest BCUT2D eigenvalue weighted by Crippen LogP contribution is 2.33. The van der Waals surface area contributed by atoms with Crippen molar-refractivity contribution in [3.05, 3.63) is 66.4 Å². The van der Waals surface area contributed by atoms with Gasteiger partial charge < -0.3 is 10.0 Å². The molecule has 0 aliphatic heterocycles. The third-order valence-electron chi connectivity index (χ3n) is 3.90. The van der Waals surface area contributed by atoms with Crippen molar-refractivity contribution in [1.29, 1.82) is 0 Å². The summed E-state index contributed by atoms with van der Waals surface area (Å²) in [4.78, 5) is 13.5. The maximum absolute atomic E-state index is 12.6. The van der Waals surface area contributed by atoms with Gasteiger partial charge in [-0.3, -0.25) is 4.79 Å². The number of allylic oxidation sites excluding steroid dienone is 3. The van der Waals surface area contributed by atoms with E-state index in [-0.39, 0.29) is 12.2 Å². The van der Waals surface area contributed by atoms with Crippen molar-refractivity contribution < 1.29 is 18.3 Å². The highest BCUT2D eigenvalue weighted by atomic mass is 32.2. The van der Waals surface area contributed by atoms with Gasteiger partial charge in [-0.2, -0.15) is 0 Å². The molecule has 5 nitrogen and oxygen atoms in total. The van der Waals surface area contributed by atoms with Gasteiger partial charge in [0.1, 0.15) is 0 Å². The second kappa shape index (κ2) is 7.05. The number of sulfone groups is 1. The van der Waals surface area contributed by atoms with Crippen LogP contribution in [0.1, 0.15) is 12.0 Å². The van der Waals surface area contributed by atoms with Crippen LogP contribution in [-0.2, 0) is 14.6 Å². The SMILES string of the molecule is CN(C)C=CCS(=O)(=O)C1(C(=O)O)C=CC(c2ccccc2)=CC1. The topological polar surface area (TPSA) is 74.7 Å². The molecule has 0 radical (unpaired) electrons. The minimum atomic E-state index is -3.89. The molecule has 0 spiro atoms. The summed E-state index contributed by atoms with van der Waals surface area (Å²) in [6.07, 6.45) is 7.55. The average Bonchev–Trinajstić information content (AvgIpc) is 2.55. The van der Waals surface area contributed by atoms with Crippen LogP contribution in [0.5, 0.6) is 0 Å². The first-order valence-corrected chi connectivity index (χ1v) is 9.17. The third-order valence-corrected chi connectivity index (χ3v) is 6.12. The molecule has 1 aromatic rings. The summed E-state index contributed by atoms with van der Waals surface area (Å²) in [5.74, 6) is -1.67. The second-order valence-electron chi connectivity index (χ2n) is 5.89. The molecule has 0 heterocycles. The largest absolute Gasteiger partial charge is 0.480 e. The van der Waals surface area contributed by atoms with E-state index >= 15 is 0 Å². The molecule has 6 heteroatoms. The molecule has 1 atom stereocenters. The third kappa shape index (κ3) is 3.59. The number of carbonyl (C=O) groups is 1. The number of hydrogen-bond acceptors (Lipinski definition) is 4. The molecule has 0 fully saturated rings. The Bertz CT molecular complexity index is 792. The van der Waals surface area contributed by atoms with Crippen LogP contribution in [0.15, 0.2) is 60.8 Å². The average molecular weight is 347 g/mol. The molecule has 128 valence electrons. The fourth-order valence-electron chi connectivity index (χ4n) is 2.52. The molecule has 1 aliphatic rings. The van der Waals surface area contributed by atoms with Gasteiger partial charge in [-0.1, -0.05) is 54.6 Å². The maximum Gasteiger partial charge on any atom is 0.329 e. The number of hydrogen-bond donors (Lipinski definition) is 1. The molecule has 1 N–H and O–H groups in total. The van der Waals surface area contributed by atoms with Gasteiger partial charge in [-0.05, 0) is 17.3 Å². The smallest absolute Gasteiger partial charge is 0.329 e. The van der Waals surface area contributed by atoms with Gasteiger partial charge in [0.25, 0.3) is 0 Å². The van der Waals surface area contributed by atoms with Gasteiger partial charge >= 0.3 is 5.97 Å². The summed E-state index contributed by atoms with van der Waals surface area (Å²) in [5.41, 5.74) is 1.75. The van der Waals surface area contributed by atoms with Crippen molar-refractivity contribution in [2.75, 3.05) is 19.8 Å². The Morgan fingerprint density at radius 1 is 1.29 bits per heavy atom. The van der Waals surface area contributed by atoms with Crippen molar-refractivity contribution >= 4 is 21.4 Å². The Morgan fingerprint density at radius 3 is 2.46 bits per heavy atom. The molecule has 0 amide bonds.